The minimum atomic E-state index is 0.179. The number of terminal acetylenes is 1. The molecule has 15 heavy (non-hydrogen) atoms. The molecule has 0 amide bonds. The summed E-state index contributed by atoms with van der Waals surface area (Å²) < 4.78 is 1.12. The molecule has 1 rings (SSSR count). The predicted octanol–water partition coefficient (Wildman–Crippen LogP) is 3.28. The van der Waals surface area contributed by atoms with Gasteiger partial charge >= 0.3 is 0 Å². The molecule has 0 aliphatic heterocycles. The first kappa shape index (κ1) is 12.6. The molecular weight excluding hydrogens is 270 g/mol. The summed E-state index contributed by atoms with van der Waals surface area (Å²) in [7, 11) is 0. The highest BCUT2D eigenvalue weighted by Gasteiger charge is 2.04. The van der Waals surface area contributed by atoms with E-state index in [0.29, 0.717) is 0 Å². The van der Waals surface area contributed by atoms with Crippen LogP contribution in [-0.4, -0.2) is 11.8 Å². The smallest absolute Gasteiger partial charge is 0.0311 e. The highest BCUT2D eigenvalue weighted by Crippen LogP contribution is 2.27. The molecule has 3 heteroatoms. The van der Waals surface area contributed by atoms with Crippen molar-refractivity contribution in [1.82, 2.24) is 0 Å². The lowest BCUT2D eigenvalue weighted by molar-refractivity contribution is 0.692. The molecule has 2 N–H and O–H groups in total. The van der Waals surface area contributed by atoms with Crippen molar-refractivity contribution in [3.63, 3.8) is 0 Å². The van der Waals surface area contributed by atoms with Crippen molar-refractivity contribution in [2.24, 2.45) is 5.73 Å². The summed E-state index contributed by atoms with van der Waals surface area (Å²) >= 11 is 5.27. The van der Waals surface area contributed by atoms with Crippen molar-refractivity contribution in [2.75, 3.05) is 5.75 Å². The zero-order chi connectivity index (χ0) is 11.1. The third-order valence-corrected chi connectivity index (χ3v) is 4.16. The molecule has 0 radical (unpaired) electrons. The quantitative estimate of drug-likeness (QED) is 0.663. The molecule has 0 saturated heterocycles. The molecule has 0 bridgehead atoms. The van der Waals surface area contributed by atoms with Crippen LogP contribution in [0, 0.1) is 12.3 Å². The van der Waals surface area contributed by atoms with E-state index in [2.05, 4.69) is 27.9 Å². The summed E-state index contributed by atoms with van der Waals surface area (Å²) in [5.74, 6) is 3.52. The summed E-state index contributed by atoms with van der Waals surface area (Å²) in [6, 6.07) is 8.34. The van der Waals surface area contributed by atoms with E-state index in [9.17, 15) is 0 Å². The van der Waals surface area contributed by atoms with E-state index in [-0.39, 0.29) is 6.04 Å². The first-order valence-electron chi connectivity index (χ1n) is 4.80. The predicted molar refractivity (Wildman–Crippen MR) is 70.9 cm³/mol. The number of halogens is 1. The Morgan fingerprint density at radius 3 is 2.87 bits per heavy atom. The van der Waals surface area contributed by atoms with Crippen LogP contribution in [0.15, 0.2) is 33.6 Å². The first-order valence-corrected chi connectivity index (χ1v) is 6.58. The Hall–Kier alpha value is -0.430. The average molecular weight is 284 g/mol. The van der Waals surface area contributed by atoms with E-state index >= 15 is 0 Å². The zero-order valence-corrected chi connectivity index (χ0v) is 10.9. The number of hydrogen-bond acceptors (Lipinski definition) is 2. The third kappa shape index (κ3) is 4.74. The maximum absolute atomic E-state index is 5.93. The van der Waals surface area contributed by atoms with Crippen LogP contribution in [0.5, 0.6) is 0 Å². The molecule has 0 spiro atoms. The van der Waals surface area contributed by atoms with E-state index < -0.39 is 0 Å². The summed E-state index contributed by atoms with van der Waals surface area (Å²) in [5, 5.41) is 0. The van der Waals surface area contributed by atoms with Gasteiger partial charge in [0.25, 0.3) is 0 Å². The lowest BCUT2D eigenvalue weighted by Crippen LogP contribution is -2.22. The van der Waals surface area contributed by atoms with Crippen LogP contribution in [0.2, 0.25) is 0 Å². The van der Waals surface area contributed by atoms with Crippen molar-refractivity contribution in [3.8, 4) is 12.3 Å². The number of rotatable bonds is 5. The second-order valence-electron chi connectivity index (χ2n) is 3.24. The van der Waals surface area contributed by atoms with Crippen molar-refractivity contribution >= 4 is 27.7 Å². The molecule has 0 fully saturated rings. The fourth-order valence-electron chi connectivity index (χ4n) is 1.11. The van der Waals surface area contributed by atoms with Gasteiger partial charge in [0.2, 0.25) is 0 Å². The molecule has 1 aromatic rings. The van der Waals surface area contributed by atoms with Crippen molar-refractivity contribution in [1.29, 1.82) is 0 Å². The normalized spacial score (nSPS) is 12.1. The summed E-state index contributed by atoms with van der Waals surface area (Å²) in [6.07, 6.45) is 6.85. The number of benzene rings is 1. The highest BCUT2D eigenvalue weighted by molar-refractivity contribution is 9.10. The van der Waals surface area contributed by atoms with E-state index in [1.54, 1.807) is 11.8 Å². The van der Waals surface area contributed by atoms with Crippen LogP contribution in [-0.2, 0) is 0 Å². The second kappa shape index (κ2) is 6.95. The standard InChI is InChI=1S/C12H14BrNS/c1-2-3-6-10(14)9-15-12-8-5-4-7-11(12)13/h1,4-5,7-8,10H,3,6,9,14H2. The second-order valence-corrected chi connectivity index (χ2v) is 5.16. The Labute approximate surface area is 104 Å². The van der Waals surface area contributed by atoms with Crippen molar-refractivity contribution in [2.45, 2.75) is 23.8 Å². The largest absolute Gasteiger partial charge is 0.327 e. The Morgan fingerprint density at radius 1 is 1.47 bits per heavy atom. The monoisotopic (exact) mass is 283 g/mol. The van der Waals surface area contributed by atoms with Gasteiger partial charge in [-0.1, -0.05) is 12.1 Å². The third-order valence-electron chi connectivity index (χ3n) is 1.95. The minimum Gasteiger partial charge on any atom is -0.327 e. The van der Waals surface area contributed by atoms with Crippen molar-refractivity contribution in [3.05, 3.63) is 28.7 Å². The minimum absolute atomic E-state index is 0.179. The molecular formula is C12H14BrNS. The molecule has 0 aliphatic carbocycles. The topological polar surface area (TPSA) is 26.0 Å². The molecule has 1 unspecified atom stereocenters. The highest BCUT2D eigenvalue weighted by atomic mass is 79.9. The van der Waals surface area contributed by atoms with E-state index in [1.807, 2.05) is 18.2 Å². The maximum Gasteiger partial charge on any atom is 0.0311 e. The summed E-state index contributed by atoms with van der Waals surface area (Å²) in [4.78, 5) is 1.23. The van der Waals surface area contributed by atoms with Gasteiger partial charge in [-0.25, -0.2) is 0 Å². The fourth-order valence-corrected chi connectivity index (χ4v) is 2.68. The molecule has 1 aromatic carbocycles. The van der Waals surface area contributed by atoms with Gasteiger partial charge in [0.1, 0.15) is 0 Å². The van der Waals surface area contributed by atoms with Gasteiger partial charge in [-0.2, -0.15) is 0 Å². The van der Waals surface area contributed by atoms with Gasteiger partial charge < -0.3 is 5.73 Å². The zero-order valence-electron chi connectivity index (χ0n) is 8.45. The van der Waals surface area contributed by atoms with Gasteiger partial charge in [0, 0.05) is 27.6 Å². The van der Waals surface area contributed by atoms with Gasteiger partial charge in [0.05, 0.1) is 0 Å². The summed E-state index contributed by atoms with van der Waals surface area (Å²) in [6.45, 7) is 0. The molecule has 0 saturated carbocycles. The lowest BCUT2D eigenvalue weighted by Gasteiger charge is -2.10. The van der Waals surface area contributed by atoms with E-state index in [1.165, 1.54) is 4.90 Å². The fraction of sp³-hybridized carbons (Fsp3) is 0.333. The first-order chi connectivity index (χ1) is 7.24. The lowest BCUT2D eigenvalue weighted by atomic mass is 10.2. The molecule has 0 heterocycles. The Bertz CT molecular complexity index is 346. The van der Waals surface area contributed by atoms with E-state index in [0.717, 1.165) is 23.1 Å². The van der Waals surface area contributed by atoms with Crippen LogP contribution in [0.3, 0.4) is 0 Å². The number of nitrogens with two attached hydrogens (primary N) is 1. The van der Waals surface area contributed by atoms with Gasteiger partial charge in [0.15, 0.2) is 0 Å². The van der Waals surface area contributed by atoms with Crippen LogP contribution >= 0.6 is 27.7 Å². The van der Waals surface area contributed by atoms with Gasteiger partial charge in [-0.05, 0) is 34.5 Å². The molecule has 1 nitrogen and oxygen atoms in total. The molecule has 0 aliphatic rings. The maximum atomic E-state index is 5.93. The Morgan fingerprint density at radius 2 is 2.20 bits per heavy atom. The summed E-state index contributed by atoms with van der Waals surface area (Å²) in [5.41, 5.74) is 5.93. The Kier molecular flexibility index (Phi) is 5.85. The van der Waals surface area contributed by atoms with E-state index in [4.69, 9.17) is 12.2 Å². The van der Waals surface area contributed by atoms with Crippen LogP contribution in [0.4, 0.5) is 0 Å². The van der Waals surface area contributed by atoms with Crippen LogP contribution in [0.25, 0.3) is 0 Å². The van der Waals surface area contributed by atoms with Crippen LogP contribution in [0.1, 0.15) is 12.8 Å². The molecule has 80 valence electrons. The van der Waals surface area contributed by atoms with Crippen molar-refractivity contribution < 1.29 is 0 Å². The molecule has 0 aromatic heterocycles. The number of thioether (sulfide) groups is 1. The molecule has 1 atom stereocenters. The Balaban J connectivity index is 2.37. The average Bonchev–Trinajstić information content (AvgIpc) is 2.25. The SMILES string of the molecule is C#CCCC(N)CSc1ccccc1Br. The van der Waals surface area contributed by atoms with Gasteiger partial charge in [-0.15, -0.1) is 24.1 Å². The van der Waals surface area contributed by atoms with Crippen LogP contribution < -0.4 is 5.73 Å². The van der Waals surface area contributed by atoms with Gasteiger partial charge in [-0.3, -0.25) is 0 Å². The number of hydrogen-bond donors (Lipinski definition) is 1.